The van der Waals surface area contributed by atoms with E-state index in [0.29, 0.717) is 11.8 Å². The van der Waals surface area contributed by atoms with Crippen LogP contribution < -0.4 is 10.1 Å². The molecule has 0 aromatic heterocycles. The van der Waals surface area contributed by atoms with E-state index in [9.17, 15) is 4.79 Å². The highest BCUT2D eigenvalue weighted by Crippen LogP contribution is 2.28. The summed E-state index contributed by atoms with van der Waals surface area (Å²) in [5.41, 5.74) is 3.18. The van der Waals surface area contributed by atoms with Crippen molar-refractivity contribution in [1.82, 2.24) is 15.1 Å². The Morgan fingerprint density at radius 3 is 2.90 bits per heavy atom. The Morgan fingerprint density at radius 1 is 1.31 bits per heavy atom. The number of likely N-dealkylation sites (tertiary alicyclic amines) is 1. The number of fused-ring (bicyclic) bond motifs is 1. The fourth-order valence-corrected chi connectivity index (χ4v) is 4.49. The molecular formula is C24H31N3O2. The van der Waals surface area contributed by atoms with Crippen LogP contribution >= 0.6 is 0 Å². The quantitative estimate of drug-likeness (QED) is 0.805. The molecule has 3 aliphatic rings. The lowest BCUT2D eigenvalue weighted by Gasteiger charge is -2.34. The van der Waals surface area contributed by atoms with Crippen molar-refractivity contribution in [2.24, 2.45) is 11.8 Å². The molecule has 1 fully saturated rings. The Bertz CT molecular complexity index is 834. The zero-order chi connectivity index (χ0) is 20.2. The molecule has 154 valence electrons. The van der Waals surface area contributed by atoms with Crippen molar-refractivity contribution < 1.29 is 9.53 Å². The lowest BCUT2D eigenvalue weighted by molar-refractivity contribution is -0.126. The van der Waals surface area contributed by atoms with Crippen LogP contribution in [-0.2, 0) is 11.3 Å². The molecule has 0 saturated carbocycles. The van der Waals surface area contributed by atoms with Crippen LogP contribution in [0.2, 0.25) is 0 Å². The molecule has 1 aromatic carbocycles. The van der Waals surface area contributed by atoms with Gasteiger partial charge in [-0.1, -0.05) is 24.3 Å². The number of amides is 1. The van der Waals surface area contributed by atoms with Gasteiger partial charge in [-0.25, -0.2) is 0 Å². The van der Waals surface area contributed by atoms with Crippen molar-refractivity contribution in [3.05, 3.63) is 65.5 Å². The Hall–Kier alpha value is -2.53. The van der Waals surface area contributed by atoms with Gasteiger partial charge in [0.2, 0.25) is 0 Å². The number of benzene rings is 1. The number of carbonyl (C=O) groups is 1. The summed E-state index contributed by atoms with van der Waals surface area (Å²) in [5.74, 6) is 1.93. The first-order valence-electron chi connectivity index (χ1n) is 10.6. The van der Waals surface area contributed by atoms with E-state index in [1.165, 1.54) is 5.56 Å². The van der Waals surface area contributed by atoms with E-state index in [-0.39, 0.29) is 5.91 Å². The molecule has 2 heterocycles. The zero-order valence-corrected chi connectivity index (χ0v) is 17.4. The number of hydrogen-bond donors (Lipinski definition) is 1. The first-order valence-corrected chi connectivity index (χ1v) is 10.6. The summed E-state index contributed by atoms with van der Waals surface area (Å²) >= 11 is 0. The summed E-state index contributed by atoms with van der Waals surface area (Å²) in [6, 6.07) is 8.31. The topological polar surface area (TPSA) is 44.8 Å². The van der Waals surface area contributed by atoms with Crippen LogP contribution in [0.5, 0.6) is 5.75 Å². The average molecular weight is 394 g/mol. The van der Waals surface area contributed by atoms with Crippen LogP contribution in [0.4, 0.5) is 0 Å². The molecule has 1 saturated heterocycles. The van der Waals surface area contributed by atoms with Crippen molar-refractivity contribution >= 4 is 5.91 Å². The van der Waals surface area contributed by atoms with Crippen LogP contribution in [0, 0.1) is 11.8 Å². The number of hydrogen-bond acceptors (Lipinski definition) is 4. The number of allylic oxidation sites excluding steroid dienone is 4. The maximum Gasteiger partial charge on any atom is 0.269 e. The maximum atomic E-state index is 12.9. The number of carbonyl (C=O) groups excluding carboxylic acids is 1. The fraction of sp³-hybridized carbons (Fsp3) is 0.458. The molecule has 0 spiro atoms. The number of ether oxygens (including phenoxy) is 1. The third-order valence-electron chi connectivity index (χ3n) is 6.20. The maximum absolute atomic E-state index is 12.9. The Labute approximate surface area is 173 Å². The fourth-order valence-electron chi connectivity index (χ4n) is 4.49. The summed E-state index contributed by atoms with van der Waals surface area (Å²) in [4.78, 5) is 17.2. The zero-order valence-electron chi connectivity index (χ0n) is 17.4. The third-order valence-corrected chi connectivity index (χ3v) is 6.20. The Balaban J connectivity index is 1.24. The summed E-state index contributed by atoms with van der Waals surface area (Å²) in [5, 5.41) is 3.32. The summed E-state index contributed by atoms with van der Waals surface area (Å²) in [6.07, 6.45) is 11.6. The minimum atomic E-state index is 0.110. The molecule has 0 bridgehead atoms. The number of likely N-dealkylation sites (N-methyl/N-ethyl adjacent to an activating group) is 1. The monoisotopic (exact) mass is 393 g/mol. The third kappa shape index (κ3) is 4.73. The highest BCUT2D eigenvalue weighted by Gasteiger charge is 2.28. The van der Waals surface area contributed by atoms with E-state index in [1.54, 1.807) is 7.11 Å². The van der Waals surface area contributed by atoms with Crippen molar-refractivity contribution in [2.75, 3.05) is 33.8 Å². The van der Waals surface area contributed by atoms with E-state index < -0.39 is 0 Å². The van der Waals surface area contributed by atoms with Crippen LogP contribution in [-0.4, -0.2) is 49.5 Å². The summed E-state index contributed by atoms with van der Waals surface area (Å²) in [7, 11) is 3.64. The van der Waals surface area contributed by atoms with Crippen molar-refractivity contribution in [3.63, 3.8) is 0 Å². The predicted molar refractivity (Wildman–Crippen MR) is 115 cm³/mol. The second-order valence-corrected chi connectivity index (χ2v) is 8.35. The molecular weight excluding hydrogens is 362 g/mol. The van der Waals surface area contributed by atoms with E-state index >= 15 is 0 Å². The van der Waals surface area contributed by atoms with Gasteiger partial charge < -0.3 is 15.0 Å². The van der Waals surface area contributed by atoms with Gasteiger partial charge in [0.25, 0.3) is 5.91 Å². The molecule has 4 rings (SSSR count). The summed E-state index contributed by atoms with van der Waals surface area (Å²) in [6.45, 7) is 3.93. The van der Waals surface area contributed by atoms with Crippen LogP contribution in [0.25, 0.3) is 0 Å². The predicted octanol–water partition coefficient (Wildman–Crippen LogP) is 3.31. The average Bonchev–Trinajstić information content (AvgIpc) is 3.19. The normalized spacial score (nSPS) is 21.8. The van der Waals surface area contributed by atoms with Gasteiger partial charge in [-0.3, -0.25) is 9.69 Å². The van der Waals surface area contributed by atoms with E-state index in [0.717, 1.165) is 62.6 Å². The number of piperidine rings is 1. The number of nitrogens with zero attached hydrogens (tertiary/aromatic N) is 2. The van der Waals surface area contributed by atoms with Crippen molar-refractivity contribution in [3.8, 4) is 5.75 Å². The van der Waals surface area contributed by atoms with Gasteiger partial charge in [0.05, 0.1) is 7.11 Å². The molecule has 5 heteroatoms. The highest BCUT2D eigenvalue weighted by atomic mass is 16.5. The van der Waals surface area contributed by atoms with E-state index in [1.807, 2.05) is 18.0 Å². The molecule has 2 aliphatic heterocycles. The van der Waals surface area contributed by atoms with Gasteiger partial charge in [0.15, 0.2) is 0 Å². The highest BCUT2D eigenvalue weighted by molar-refractivity contribution is 5.94. The van der Waals surface area contributed by atoms with Gasteiger partial charge >= 0.3 is 0 Å². The second kappa shape index (κ2) is 8.87. The minimum absolute atomic E-state index is 0.110. The number of nitrogens with one attached hydrogen (secondary N) is 1. The number of rotatable bonds is 6. The molecule has 1 aromatic rings. The second-order valence-electron chi connectivity index (χ2n) is 8.35. The van der Waals surface area contributed by atoms with Crippen LogP contribution in [0.15, 0.2) is 60.0 Å². The SMILES string of the molecule is COc1cccc(CN2CCC(CN(C)C(=O)C3=CC4CC=CC=C4N3)CC2)c1. The number of methoxy groups -OCH3 is 1. The van der Waals surface area contributed by atoms with Crippen molar-refractivity contribution in [1.29, 1.82) is 0 Å². The van der Waals surface area contributed by atoms with Gasteiger partial charge in [0.1, 0.15) is 11.4 Å². The largest absolute Gasteiger partial charge is 0.497 e. The molecule has 1 aliphatic carbocycles. The smallest absolute Gasteiger partial charge is 0.269 e. The van der Waals surface area contributed by atoms with Crippen LogP contribution in [0.1, 0.15) is 24.8 Å². The van der Waals surface area contributed by atoms with Gasteiger partial charge in [-0.2, -0.15) is 0 Å². The Kier molecular flexibility index (Phi) is 6.05. The summed E-state index contributed by atoms with van der Waals surface area (Å²) < 4.78 is 5.33. The molecule has 29 heavy (non-hydrogen) atoms. The molecule has 1 unspecified atom stereocenters. The molecule has 1 amide bonds. The first kappa shape index (κ1) is 19.8. The standard InChI is InChI=1S/C24H31N3O2/c1-26(24(28)23-15-20-7-3-4-9-22(20)25-23)16-18-10-12-27(13-11-18)17-19-6-5-8-21(14-19)29-2/h3-6,8-9,14-15,18,20,25H,7,10-13,16-17H2,1-2H3. The molecule has 0 radical (unpaired) electrons. The minimum Gasteiger partial charge on any atom is -0.497 e. The lowest BCUT2D eigenvalue weighted by atomic mass is 9.95. The lowest BCUT2D eigenvalue weighted by Crippen LogP contribution is -2.40. The molecule has 5 nitrogen and oxygen atoms in total. The van der Waals surface area contributed by atoms with E-state index in [4.69, 9.17) is 4.74 Å². The molecule has 1 N–H and O–H groups in total. The Morgan fingerprint density at radius 2 is 2.14 bits per heavy atom. The van der Waals surface area contributed by atoms with Gasteiger partial charge in [0, 0.05) is 31.8 Å². The van der Waals surface area contributed by atoms with Gasteiger partial charge in [-0.15, -0.1) is 0 Å². The van der Waals surface area contributed by atoms with E-state index in [2.05, 4.69) is 52.7 Å². The van der Waals surface area contributed by atoms with Gasteiger partial charge in [-0.05, 0) is 68.1 Å². The first-order chi connectivity index (χ1) is 14.1. The van der Waals surface area contributed by atoms with Crippen molar-refractivity contribution in [2.45, 2.75) is 25.8 Å². The molecule has 1 atom stereocenters. The van der Waals surface area contributed by atoms with Crippen LogP contribution in [0.3, 0.4) is 0 Å².